The molecule has 0 aliphatic rings. The second-order valence-electron chi connectivity index (χ2n) is 2.87. The third kappa shape index (κ3) is 1.42. The summed E-state index contributed by atoms with van der Waals surface area (Å²) in [6, 6.07) is 8.98. The molecule has 2 aromatic rings. The molecule has 1 heterocycles. The number of fused-ring (bicyclic) bond motifs is 1. The number of rotatable bonds is 2. The number of hydrogen-bond donors (Lipinski definition) is 1. The predicted octanol–water partition coefficient (Wildman–Crippen LogP) is 2.12. The van der Waals surface area contributed by atoms with E-state index in [0.717, 1.165) is 10.9 Å². The van der Waals surface area contributed by atoms with Crippen molar-refractivity contribution in [2.24, 2.45) is 0 Å². The molecular formula is C10H6ClNO2. The minimum Gasteiger partial charge on any atom is -0.352 e. The van der Waals surface area contributed by atoms with E-state index >= 15 is 0 Å². The zero-order valence-corrected chi connectivity index (χ0v) is 7.84. The molecule has 3 nitrogen and oxygen atoms in total. The normalized spacial score (nSPS) is 10.4. The van der Waals surface area contributed by atoms with Gasteiger partial charge in [0.25, 0.3) is 11.0 Å². The van der Waals surface area contributed by atoms with Gasteiger partial charge in [0.15, 0.2) is 0 Å². The highest BCUT2D eigenvalue weighted by Gasteiger charge is 2.15. The van der Waals surface area contributed by atoms with E-state index < -0.39 is 11.0 Å². The van der Waals surface area contributed by atoms with Crippen molar-refractivity contribution < 1.29 is 9.59 Å². The molecule has 0 aliphatic carbocycles. The summed E-state index contributed by atoms with van der Waals surface area (Å²) in [7, 11) is 0. The average Bonchev–Trinajstić information content (AvgIpc) is 2.59. The summed E-state index contributed by atoms with van der Waals surface area (Å²) in [5.41, 5.74) is 1.04. The topological polar surface area (TPSA) is 49.9 Å². The average molecular weight is 208 g/mol. The lowest BCUT2D eigenvalue weighted by Gasteiger charge is -1.87. The van der Waals surface area contributed by atoms with Gasteiger partial charge in [0.1, 0.15) is 0 Å². The highest BCUT2D eigenvalue weighted by Crippen LogP contribution is 2.15. The van der Waals surface area contributed by atoms with Crippen molar-refractivity contribution in [3.05, 3.63) is 36.0 Å². The third-order valence-corrected chi connectivity index (χ3v) is 2.12. The number of nitrogens with one attached hydrogen (secondary N) is 1. The monoisotopic (exact) mass is 207 g/mol. The Balaban J connectivity index is 2.55. The van der Waals surface area contributed by atoms with Crippen LogP contribution in [0, 0.1) is 0 Å². The van der Waals surface area contributed by atoms with Gasteiger partial charge in [-0.05, 0) is 23.7 Å². The summed E-state index contributed by atoms with van der Waals surface area (Å²) in [4.78, 5) is 24.6. The fourth-order valence-electron chi connectivity index (χ4n) is 1.30. The highest BCUT2D eigenvalue weighted by atomic mass is 35.5. The maximum absolute atomic E-state index is 11.2. The van der Waals surface area contributed by atoms with Gasteiger partial charge in [-0.15, -0.1) is 0 Å². The maximum atomic E-state index is 11.2. The van der Waals surface area contributed by atoms with E-state index in [1.807, 2.05) is 24.3 Å². The van der Waals surface area contributed by atoms with Gasteiger partial charge in [-0.2, -0.15) is 0 Å². The fraction of sp³-hybridized carbons (Fsp3) is 0. The smallest absolute Gasteiger partial charge is 0.294 e. The third-order valence-electron chi connectivity index (χ3n) is 1.95. The molecule has 4 heteroatoms. The summed E-state index contributed by atoms with van der Waals surface area (Å²) in [6.45, 7) is 0. The molecule has 0 saturated heterocycles. The minimum absolute atomic E-state index is 0.228. The van der Waals surface area contributed by atoms with Crippen molar-refractivity contribution in [3.8, 4) is 0 Å². The Bertz CT molecular complexity index is 483. The van der Waals surface area contributed by atoms with Crippen LogP contribution >= 0.6 is 11.6 Å². The van der Waals surface area contributed by atoms with Crippen molar-refractivity contribution in [3.63, 3.8) is 0 Å². The number of ketones is 1. The van der Waals surface area contributed by atoms with Crippen LogP contribution in [-0.2, 0) is 4.79 Å². The molecule has 1 aromatic carbocycles. The molecule has 1 aromatic heterocycles. The second-order valence-corrected chi connectivity index (χ2v) is 3.22. The van der Waals surface area contributed by atoms with Gasteiger partial charge in [0, 0.05) is 10.9 Å². The Labute approximate surface area is 84.7 Å². The van der Waals surface area contributed by atoms with Crippen molar-refractivity contribution in [2.75, 3.05) is 0 Å². The van der Waals surface area contributed by atoms with Gasteiger partial charge in [0.05, 0.1) is 5.69 Å². The first-order valence-electron chi connectivity index (χ1n) is 4.00. The number of para-hydroxylation sites is 1. The number of carbonyl (C=O) groups excluding carboxylic acids is 2. The molecule has 0 saturated carbocycles. The fourth-order valence-corrected chi connectivity index (χ4v) is 1.40. The Hall–Kier alpha value is -1.61. The molecule has 0 amide bonds. The van der Waals surface area contributed by atoms with Crippen LogP contribution in [-0.4, -0.2) is 16.0 Å². The lowest BCUT2D eigenvalue weighted by Crippen LogP contribution is -2.07. The number of benzene rings is 1. The van der Waals surface area contributed by atoms with Gasteiger partial charge < -0.3 is 4.98 Å². The maximum Gasteiger partial charge on any atom is 0.294 e. The largest absolute Gasteiger partial charge is 0.352 e. The van der Waals surface area contributed by atoms with Crippen molar-refractivity contribution >= 4 is 33.5 Å². The first-order valence-corrected chi connectivity index (χ1v) is 4.38. The van der Waals surface area contributed by atoms with Crippen LogP contribution in [0.5, 0.6) is 0 Å². The Morgan fingerprint density at radius 1 is 1.21 bits per heavy atom. The van der Waals surface area contributed by atoms with Crippen LogP contribution in [0.3, 0.4) is 0 Å². The van der Waals surface area contributed by atoms with E-state index in [9.17, 15) is 9.59 Å². The molecule has 0 atom stereocenters. The molecule has 0 radical (unpaired) electrons. The summed E-state index contributed by atoms with van der Waals surface area (Å²) in [5, 5.41) is -0.0923. The van der Waals surface area contributed by atoms with Crippen LogP contribution in [0.1, 0.15) is 10.5 Å². The number of aromatic amines is 1. The Morgan fingerprint density at radius 2 is 1.93 bits per heavy atom. The van der Waals surface area contributed by atoms with E-state index in [1.54, 1.807) is 6.07 Å². The van der Waals surface area contributed by atoms with E-state index in [4.69, 9.17) is 11.6 Å². The molecule has 70 valence electrons. The van der Waals surface area contributed by atoms with E-state index in [1.165, 1.54) is 0 Å². The summed E-state index contributed by atoms with van der Waals surface area (Å²) >= 11 is 5.08. The van der Waals surface area contributed by atoms with Crippen molar-refractivity contribution in [1.82, 2.24) is 4.98 Å². The van der Waals surface area contributed by atoms with Gasteiger partial charge >= 0.3 is 0 Å². The predicted molar refractivity (Wildman–Crippen MR) is 53.5 cm³/mol. The molecule has 0 fully saturated rings. The number of H-pyrrole nitrogens is 1. The lowest BCUT2D eigenvalue weighted by molar-refractivity contribution is -0.108. The van der Waals surface area contributed by atoms with Crippen LogP contribution < -0.4 is 0 Å². The van der Waals surface area contributed by atoms with Crippen molar-refractivity contribution in [1.29, 1.82) is 0 Å². The Kier molecular flexibility index (Phi) is 2.09. The number of Topliss-reactive ketones (excluding diaryl/α,β-unsaturated/α-hetero) is 1. The molecule has 1 N–H and O–H groups in total. The van der Waals surface area contributed by atoms with E-state index in [2.05, 4.69) is 4.98 Å². The highest BCUT2D eigenvalue weighted by molar-refractivity contribution is 6.83. The summed E-state index contributed by atoms with van der Waals surface area (Å²) < 4.78 is 0. The van der Waals surface area contributed by atoms with Crippen LogP contribution in [0.4, 0.5) is 0 Å². The number of hydrogen-bond acceptors (Lipinski definition) is 2. The molecule has 0 unspecified atom stereocenters. The lowest BCUT2D eigenvalue weighted by atomic mass is 10.2. The minimum atomic E-state index is -0.975. The van der Waals surface area contributed by atoms with Gasteiger partial charge in [0.2, 0.25) is 0 Å². The number of halogens is 1. The molecule has 0 spiro atoms. The molecule has 0 bridgehead atoms. The number of aromatic nitrogens is 1. The van der Waals surface area contributed by atoms with Crippen molar-refractivity contribution in [2.45, 2.75) is 0 Å². The van der Waals surface area contributed by atoms with E-state index in [-0.39, 0.29) is 5.69 Å². The Morgan fingerprint density at radius 3 is 2.57 bits per heavy atom. The molecule has 2 rings (SSSR count). The first kappa shape index (κ1) is 8.97. The first-order chi connectivity index (χ1) is 6.68. The SMILES string of the molecule is O=C(Cl)C(=O)c1cc2ccccc2[nH]1. The number of carbonyl (C=O) groups is 2. The molecule has 0 aliphatic heterocycles. The summed E-state index contributed by atoms with van der Waals surface area (Å²) in [5.74, 6) is -0.706. The van der Waals surface area contributed by atoms with Gasteiger partial charge in [-0.3, -0.25) is 9.59 Å². The standard InChI is InChI=1S/C10H6ClNO2/c11-10(14)9(13)8-5-6-3-1-2-4-7(6)12-8/h1-5,12H. The molecule has 14 heavy (non-hydrogen) atoms. The second kappa shape index (κ2) is 3.27. The van der Waals surface area contributed by atoms with Crippen LogP contribution in [0.2, 0.25) is 0 Å². The van der Waals surface area contributed by atoms with Crippen LogP contribution in [0.15, 0.2) is 30.3 Å². The quantitative estimate of drug-likeness (QED) is 0.466. The van der Waals surface area contributed by atoms with Crippen LogP contribution in [0.25, 0.3) is 10.9 Å². The van der Waals surface area contributed by atoms with Gasteiger partial charge in [-0.25, -0.2) is 0 Å². The van der Waals surface area contributed by atoms with E-state index in [0.29, 0.717) is 0 Å². The zero-order valence-electron chi connectivity index (χ0n) is 7.08. The summed E-state index contributed by atoms with van der Waals surface area (Å²) in [6.07, 6.45) is 0. The zero-order chi connectivity index (χ0) is 10.1. The molecular weight excluding hydrogens is 202 g/mol. The van der Waals surface area contributed by atoms with Gasteiger partial charge in [-0.1, -0.05) is 18.2 Å².